The molecule has 8 heteroatoms. The molecule has 1 N–H and O–H groups in total. The van der Waals surface area contributed by atoms with E-state index in [0.717, 1.165) is 11.1 Å². The van der Waals surface area contributed by atoms with Gasteiger partial charge in [0.1, 0.15) is 0 Å². The molecule has 1 aromatic rings. The van der Waals surface area contributed by atoms with Gasteiger partial charge in [-0.1, -0.05) is 19.9 Å². The van der Waals surface area contributed by atoms with Crippen LogP contribution in [-0.2, 0) is 33.0 Å². The van der Waals surface area contributed by atoms with E-state index in [2.05, 4.69) is 4.72 Å². The van der Waals surface area contributed by atoms with Crippen molar-refractivity contribution in [1.82, 2.24) is 4.31 Å². The normalized spacial score (nSPS) is 16.1. The van der Waals surface area contributed by atoms with E-state index >= 15 is 0 Å². The second-order valence-corrected chi connectivity index (χ2v) is 9.73. The summed E-state index contributed by atoms with van der Waals surface area (Å²) in [6.07, 6.45) is 1.78. The van der Waals surface area contributed by atoms with Gasteiger partial charge < -0.3 is 0 Å². The minimum atomic E-state index is -3.34. The van der Waals surface area contributed by atoms with Crippen LogP contribution in [-0.4, -0.2) is 39.2 Å². The number of hydrogen-bond donors (Lipinski definition) is 1. The first-order valence-corrected chi connectivity index (χ1v) is 11.1. The summed E-state index contributed by atoms with van der Waals surface area (Å²) < 4.78 is 52.2. The Kier molecular flexibility index (Phi) is 5.70. The van der Waals surface area contributed by atoms with E-state index in [1.807, 2.05) is 19.9 Å². The van der Waals surface area contributed by atoms with E-state index in [0.29, 0.717) is 38.0 Å². The highest BCUT2D eigenvalue weighted by molar-refractivity contribution is 7.92. The fourth-order valence-corrected chi connectivity index (χ4v) is 5.32. The van der Waals surface area contributed by atoms with Gasteiger partial charge >= 0.3 is 0 Å². The quantitative estimate of drug-likeness (QED) is 0.805. The first-order valence-electron chi connectivity index (χ1n) is 7.87. The molecular formula is C15H24N2O4S2. The zero-order valence-corrected chi connectivity index (χ0v) is 15.2. The highest BCUT2D eigenvalue weighted by Gasteiger charge is 2.26. The Morgan fingerprint density at radius 3 is 2.39 bits per heavy atom. The van der Waals surface area contributed by atoms with Gasteiger partial charge in [-0.25, -0.2) is 16.8 Å². The molecule has 0 amide bonds. The van der Waals surface area contributed by atoms with E-state index in [1.165, 1.54) is 4.31 Å². The summed E-state index contributed by atoms with van der Waals surface area (Å²) in [6.45, 7) is 4.44. The highest BCUT2D eigenvalue weighted by Crippen LogP contribution is 2.25. The van der Waals surface area contributed by atoms with Crippen LogP contribution in [0.25, 0.3) is 0 Å². The molecule has 1 heterocycles. The van der Waals surface area contributed by atoms with Crippen LogP contribution in [0.2, 0.25) is 0 Å². The Bertz CT molecular complexity index is 758. The fraction of sp³-hybridized carbons (Fsp3) is 0.600. The molecule has 2 rings (SSSR count). The van der Waals surface area contributed by atoms with Gasteiger partial charge in [0, 0.05) is 18.8 Å². The molecule has 6 nitrogen and oxygen atoms in total. The van der Waals surface area contributed by atoms with E-state index < -0.39 is 20.0 Å². The van der Waals surface area contributed by atoms with Gasteiger partial charge in [0.05, 0.1) is 11.5 Å². The van der Waals surface area contributed by atoms with Crippen molar-refractivity contribution in [3.05, 3.63) is 29.3 Å². The molecule has 0 atom stereocenters. The first-order chi connectivity index (χ1) is 10.8. The monoisotopic (exact) mass is 360 g/mol. The summed E-state index contributed by atoms with van der Waals surface area (Å²) in [5, 5.41) is 0. The van der Waals surface area contributed by atoms with Crippen molar-refractivity contribution in [2.24, 2.45) is 0 Å². The molecule has 130 valence electrons. The molecule has 1 aliphatic rings. The molecule has 0 radical (unpaired) electrons. The number of fused-ring (bicyclic) bond motifs is 1. The van der Waals surface area contributed by atoms with Crippen LogP contribution in [0.4, 0.5) is 5.69 Å². The second-order valence-electron chi connectivity index (χ2n) is 5.80. The number of anilines is 1. The largest absolute Gasteiger partial charge is 0.284 e. The lowest BCUT2D eigenvalue weighted by Crippen LogP contribution is -2.37. The topological polar surface area (TPSA) is 83.6 Å². The average molecular weight is 361 g/mol. The standard InChI is InChI=1S/C15H24N2O4S2/c1-3-9-22(18,19)16-15-6-5-13-7-8-17(12-14(13)11-15)23(20,21)10-4-2/h5-6,11,16H,3-4,7-10,12H2,1-2H3. The highest BCUT2D eigenvalue weighted by atomic mass is 32.2. The maximum absolute atomic E-state index is 12.2. The lowest BCUT2D eigenvalue weighted by Gasteiger charge is -2.28. The summed E-state index contributed by atoms with van der Waals surface area (Å²) in [5.74, 6) is 0.215. The Morgan fingerprint density at radius 1 is 1.04 bits per heavy atom. The van der Waals surface area contributed by atoms with Crippen LogP contribution in [0.5, 0.6) is 0 Å². The van der Waals surface area contributed by atoms with Crippen LogP contribution in [0.15, 0.2) is 18.2 Å². The van der Waals surface area contributed by atoms with Crippen molar-refractivity contribution in [2.45, 2.75) is 39.7 Å². The van der Waals surface area contributed by atoms with Crippen LogP contribution in [0.3, 0.4) is 0 Å². The summed E-state index contributed by atoms with van der Waals surface area (Å²) >= 11 is 0. The lowest BCUT2D eigenvalue weighted by atomic mass is 10.0. The Morgan fingerprint density at radius 2 is 1.74 bits per heavy atom. The van der Waals surface area contributed by atoms with Crippen molar-refractivity contribution >= 4 is 25.7 Å². The molecule has 0 saturated carbocycles. The van der Waals surface area contributed by atoms with E-state index in [9.17, 15) is 16.8 Å². The van der Waals surface area contributed by atoms with Crippen molar-refractivity contribution in [3.8, 4) is 0 Å². The Hall–Kier alpha value is -1.12. The SMILES string of the molecule is CCCS(=O)(=O)Nc1ccc2c(c1)CN(S(=O)(=O)CCC)CC2. The predicted molar refractivity (Wildman–Crippen MR) is 92.3 cm³/mol. The van der Waals surface area contributed by atoms with Gasteiger partial charge in [-0.15, -0.1) is 0 Å². The molecular weight excluding hydrogens is 336 g/mol. The molecule has 1 aromatic carbocycles. The van der Waals surface area contributed by atoms with Crippen molar-refractivity contribution < 1.29 is 16.8 Å². The third-order valence-corrected chi connectivity index (χ3v) is 7.30. The third-order valence-electron chi connectivity index (χ3n) is 3.79. The van der Waals surface area contributed by atoms with Gasteiger partial charge in [0.2, 0.25) is 20.0 Å². The zero-order chi connectivity index (χ0) is 17.1. The molecule has 0 spiro atoms. The number of benzene rings is 1. The minimum Gasteiger partial charge on any atom is -0.284 e. The first kappa shape index (κ1) is 18.2. The smallest absolute Gasteiger partial charge is 0.232 e. The van der Waals surface area contributed by atoms with Crippen LogP contribution in [0, 0.1) is 0 Å². The van der Waals surface area contributed by atoms with Gasteiger partial charge in [-0.05, 0) is 42.5 Å². The van der Waals surface area contributed by atoms with Crippen LogP contribution >= 0.6 is 0 Å². The Labute approximate surface area is 139 Å². The number of sulfonamides is 2. The fourth-order valence-electron chi connectivity index (χ4n) is 2.72. The molecule has 0 saturated heterocycles. The number of hydrogen-bond acceptors (Lipinski definition) is 4. The van der Waals surface area contributed by atoms with Gasteiger partial charge in [-0.2, -0.15) is 4.31 Å². The summed E-state index contributed by atoms with van der Waals surface area (Å²) in [5.41, 5.74) is 2.44. The van der Waals surface area contributed by atoms with Crippen molar-refractivity contribution in [1.29, 1.82) is 0 Å². The summed E-state index contributed by atoms with van der Waals surface area (Å²) in [6, 6.07) is 5.36. The molecule has 0 aromatic heterocycles. The molecule has 0 fully saturated rings. The number of nitrogens with zero attached hydrogens (tertiary/aromatic N) is 1. The predicted octanol–water partition coefficient (Wildman–Crippen LogP) is 1.94. The number of rotatable bonds is 7. The second kappa shape index (κ2) is 7.19. The van der Waals surface area contributed by atoms with Gasteiger partial charge in [0.15, 0.2) is 0 Å². The van der Waals surface area contributed by atoms with E-state index in [1.54, 1.807) is 12.1 Å². The molecule has 23 heavy (non-hydrogen) atoms. The van der Waals surface area contributed by atoms with Gasteiger partial charge in [-0.3, -0.25) is 4.72 Å². The Balaban J connectivity index is 2.20. The molecule has 0 unspecified atom stereocenters. The van der Waals surface area contributed by atoms with Crippen LogP contribution in [0.1, 0.15) is 37.8 Å². The minimum absolute atomic E-state index is 0.0705. The van der Waals surface area contributed by atoms with Crippen LogP contribution < -0.4 is 4.72 Å². The summed E-state index contributed by atoms with van der Waals surface area (Å²) in [7, 11) is -6.58. The molecule has 0 bridgehead atoms. The van der Waals surface area contributed by atoms with E-state index in [-0.39, 0.29) is 11.5 Å². The maximum atomic E-state index is 12.2. The lowest BCUT2D eigenvalue weighted by molar-refractivity contribution is 0.391. The average Bonchev–Trinajstić information content (AvgIpc) is 2.45. The zero-order valence-electron chi connectivity index (χ0n) is 13.6. The third kappa shape index (κ3) is 4.68. The maximum Gasteiger partial charge on any atom is 0.232 e. The van der Waals surface area contributed by atoms with Crippen molar-refractivity contribution in [2.75, 3.05) is 22.8 Å². The number of nitrogens with one attached hydrogen (secondary N) is 1. The summed E-state index contributed by atoms with van der Waals surface area (Å²) in [4.78, 5) is 0. The van der Waals surface area contributed by atoms with E-state index in [4.69, 9.17) is 0 Å². The van der Waals surface area contributed by atoms with Gasteiger partial charge in [0.25, 0.3) is 0 Å². The molecule has 1 aliphatic heterocycles. The van der Waals surface area contributed by atoms with Crippen molar-refractivity contribution in [3.63, 3.8) is 0 Å². The molecule has 0 aliphatic carbocycles.